The number of nitrogens with zero attached hydrogens (tertiary/aromatic N) is 9. The molecule has 0 bridgehead atoms. The number of imide groups is 1. The van der Waals surface area contributed by atoms with Crippen LogP contribution in [0.4, 0.5) is 35.2 Å². The monoisotopic (exact) mass is 791 g/mol. The highest BCUT2D eigenvalue weighted by molar-refractivity contribution is 6.08. The number of benzene rings is 1. The van der Waals surface area contributed by atoms with Gasteiger partial charge in [0.05, 0.1) is 36.8 Å². The molecule has 302 valence electrons. The summed E-state index contributed by atoms with van der Waals surface area (Å²) in [4.78, 5) is 62.5. The van der Waals surface area contributed by atoms with Crippen molar-refractivity contribution >= 4 is 46.6 Å². The molecule has 16 nitrogen and oxygen atoms in total. The molecule has 3 aromatic heterocycles. The number of anilines is 3. The van der Waals surface area contributed by atoms with Crippen LogP contribution in [-0.4, -0.2) is 124 Å². The molecule has 0 aliphatic carbocycles. The number of fused-ring (bicyclic) bond motifs is 1. The third-order valence-corrected chi connectivity index (χ3v) is 11.4. The number of carbonyl (C=O) groups is 4. The standard InChI is InChI=1S/C38H44F3N11O5/c39-28-2-1-25(21-30(28)50-15-9-32(53)45-38(50)56)37(55)49-13-4-24(5-14-49)3-10-47-11-6-26(7-12-47)52-23-29(33(46-52)34(40)41)43-36(54)27-22-42-51-16-8-31(44-35(27)51)48-17-19-57-20-18-48/h1-2,8,16,21-24,26,34H,3-7,9-15,17-20H2,(H,43,54)(H,45,53,56). The van der Waals surface area contributed by atoms with Gasteiger partial charge in [-0.05, 0) is 68.8 Å². The summed E-state index contributed by atoms with van der Waals surface area (Å²) >= 11 is 0. The largest absolute Gasteiger partial charge is 0.378 e. The molecular formula is C38H44F3N11O5. The maximum atomic E-state index is 14.7. The number of alkyl halides is 2. The van der Waals surface area contributed by atoms with Gasteiger partial charge < -0.3 is 24.8 Å². The number of morpholine rings is 1. The predicted octanol–water partition coefficient (Wildman–Crippen LogP) is 4.12. The molecule has 0 spiro atoms. The summed E-state index contributed by atoms with van der Waals surface area (Å²) in [5.41, 5.74) is 0.204. The van der Waals surface area contributed by atoms with Crippen molar-refractivity contribution in [2.45, 2.75) is 51.0 Å². The molecule has 1 aromatic carbocycles. The number of rotatable bonds is 10. The van der Waals surface area contributed by atoms with E-state index in [4.69, 9.17) is 4.74 Å². The van der Waals surface area contributed by atoms with Gasteiger partial charge >= 0.3 is 6.03 Å². The Morgan fingerprint density at radius 1 is 0.982 bits per heavy atom. The first-order valence-corrected chi connectivity index (χ1v) is 19.4. The normalized spacial score (nSPS) is 19.1. The van der Waals surface area contributed by atoms with Crippen molar-refractivity contribution < 1.29 is 37.1 Å². The molecule has 0 radical (unpaired) electrons. The van der Waals surface area contributed by atoms with Crippen molar-refractivity contribution in [2.75, 3.05) is 80.7 Å². The van der Waals surface area contributed by atoms with Gasteiger partial charge in [0.1, 0.15) is 17.2 Å². The summed E-state index contributed by atoms with van der Waals surface area (Å²) < 4.78 is 51.5. The lowest BCUT2D eigenvalue weighted by Gasteiger charge is -2.35. The van der Waals surface area contributed by atoms with Crippen LogP contribution in [0.25, 0.3) is 5.65 Å². The fourth-order valence-corrected chi connectivity index (χ4v) is 8.05. The first kappa shape index (κ1) is 38.3. The van der Waals surface area contributed by atoms with Crippen molar-refractivity contribution in [3.05, 3.63) is 65.5 Å². The van der Waals surface area contributed by atoms with E-state index in [9.17, 15) is 32.3 Å². The molecule has 57 heavy (non-hydrogen) atoms. The summed E-state index contributed by atoms with van der Waals surface area (Å²) in [6.07, 6.45) is 5.77. The molecule has 4 aliphatic rings. The van der Waals surface area contributed by atoms with Crippen LogP contribution < -0.4 is 20.4 Å². The van der Waals surface area contributed by atoms with Gasteiger partial charge in [-0.15, -0.1) is 0 Å². The highest BCUT2D eigenvalue weighted by Crippen LogP contribution is 2.32. The number of urea groups is 1. The SMILES string of the molecule is O=C1CCN(c2cc(C(=O)N3CCC(CCN4CCC(n5cc(NC(=O)c6cnn7ccc(N8CCOCC8)nc67)c(C(F)F)n5)CC4)CC3)ccc2F)C(=O)N1. The molecule has 2 N–H and O–H groups in total. The molecule has 4 saturated heterocycles. The summed E-state index contributed by atoms with van der Waals surface area (Å²) in [5.74, 6) is -0.802. The van der Waals surface area contributed by atoms with E-state index in [1.807, 2.05) is 6.07 Å². The van der Waals surface area contributed by atoms with E-state index < -0.39 is 35.8 Å². The Balaban J connectivity index is 0.817. The Labute approximate surface area is 325 Å². The average molecular weight is 792 g/mol. The molecule has 4 aromatic rings. The lowest BCUT2D eigenvalue weighted by Crippen LogP contribution is -2.50. The zero-order valence-electron chi connectivity index (χ0n) is 31.3. The van der Waals surface area contributed by atoms with Crippen LogP contribution in [-0.2, 0) is 9.53 Å². The number of halogens is 3. The third kappa shape index (κ3) is 8.30. The van der Waals surface area contributed by atoms with Crippen LogP contribution in [0, 0.1) is 11.7 Å². The van der Waals surface area contributed by atoms with Crippen LogP contribution in [0.3, 0.4) is 0 Å². The van der Waals surface area contributed by atoms with Crippen LogP contribution in [0.5, 0.6) is 0 Å². The first-order valence-electron chi connectivity index (χ1n) is 19.4. The van der Waals surface area contributed by atoms with Crippen LogP contribution >= 0.6 is 0 Å². The minimum Gasteiger partial charge on any atom is -0.378 e. The lowest BCUT2D eigenvalue weighted by molar-refractivity contribution is -0.120. The number of aromatic nitrogens is 5. The molecule has 19 heteroatoms. The predicted molar refractivity (Wildman–Crippen MR) is 201 cm³/mol. The Morgan fingerprint density at radius 2 is 1.75 bits per heavy atom. The molecule has 8 rings (SSSR count). The summed E-state index contributed by atoms with van der Waals surface area (Å²) in [5, 5.41) is 13.3. The summed E-state index contributed by atoms with van der Waals surface area (Å²) in [6.45, 7) is 6.04. The van der Waals surface area contributed by atoms with Gasteiger partial charge in [-0.3, -0.25) is 29.3 Å². The number of nitrogens with one attached hydrogen (secondary N) is 2. The number of amides is 5. The van der Waals surface area contributed by atoms with Crippen molar-refractivity contribution in [1.29, 1.82) is 0 Å². The molecule has 4 aliphatic heterocycles. The van der Waals surface area contributed by atoms with E-state index in [1.54, 1.807) is 15.8 Å². The number of hydrogen-bond donors (Lipinski definition) is 2. The number of piperidine rings is 2. The maximum Gasteiger partial charge on any atom is 0.328 e. The van der Waals surface area contributed by atoms with E-state index in [2.05, 4.69) is 35.6 Å². The molecular weight excluding hydrogens is 747 g/mol. The quantitative estimate of drug-likeness (QED) is 0.239. The fourth-order valence-electron chi connectivity index (χ4n) is 8.05. The molecule has 0 saturated carbocycles. The van der Waals surface area contributed by atoms with E-state index >= 15 is 0 Å². The van der Waals surface area contributed by atoms with Crippen molar-refractivity contribution in [3.63, 3.8) is 0 Å². The third-order valence-electron chi connectivity index (χ3n) is 11.4. The zero-order chi connectivity index (χ0) is 39.6. The summed E-state index contributed by atoms with van der Waals surface area (Å²) in [7, 11) is 0. The van der Waals surface area contributed by atoms with E-state index in [0.29, 0.717) is 69.6 Å². The Kier molecular flexibility index (Phi) is 11.1. The van der Waals surface area contributed by atoms with Gasteiger partial charge in [0.2, 0.25) is 5.91 Å². The fraction of sp³-hybridized carbons (Fsp3) is 0.500. The van der Waals surface area contributed by atoms with Gasteiger partial charge in [-0.2, -0.15) is 10.2 Å². The number of carbonyl (C=O) groups excluding carboxylic acids is 4. The molecule has 5 amide bonds. The topological polar surface area (TPSA) is 163 Å². The van der Waals surface area contributed by atoms with Gasteiger partial charge in [0.25, 0.3) is 18.2 Å². The second-order valence-corrected chi connectivity index (χ2v) is 14.9. The van der Waals surface area contributed by atoms with Crippen LogP contribution in [0.2, 0.25) is 0 Å². The van der Waals surface area contributed by atoms with Crippen molar-refractivity contribution in [3.8, 4) is 0 Å². The summed E-state index contributed by atoms with van der Waals surface area (Å²) in [6, 6.07) is 4.96. The van der Waals surface area contributed by atoms with E-state index in [-0.39, 0.29) is 47.4 Å². The number of hydrogen-bond acceptors (Lipinski definition) is 10. The second kappa shape index (κ2) is 16.5. The highest BCUT2D eigenvalue weighted by atomic mass is 19.3. The number of likely N-dealkylation sites (tertiary alicyclic amines) is 2. The molecule has 7 heterocycles. The molecule has 0 atom stereocenters. The molecule has 0 unspecified atom stereocenters. The van der Waals surface area contributed by atoms with Gasteiger partial charge in [-0.25, -0.2) is 27.5 Å². The highest BCUT2D eigenvalue weighted by Gasteiger charge is 2.31. The first-order chi connectivity index (χ1) is 27.6. The Hall–Kier alpha value is -5.56. The number of ether oxygens (including phenoxy) is 1. The second-order valence-electron chi connectivity index (χ2n) is 14.9. The molecule has 4 fully saturated rings. The van der Waals surface area contributed by atoms with Gasteiger partial charge in [-0.1, -0.05) is 0 Å². The van der Waals surface area contributed by atoms with Gasteiger partial charge in [0.15, 0.2) is 11.3 Å². The minimum atomic E-state index is -2.89. The van der Waals surface area contributed by atoms with E-state index in [1.165, 1.54) is 35.1 Å². The zero-order valence-corrected chi connectivity index (χ0v) is 31.3. The van der Waals surface area contributed by atoms with Crippen molar-refractivity contribution in [1.82, 2.24) is 39.5 Å². The lowest BCUT2D eigenvalue weighted by atomic mass is 9.92. The Morgan fingerprint density at radius 3 is 2.49 bits per heavy atom. The average Bonchev–Trinajstić information content (AvgIpc) is 3.86. The van der Waals surface area contributed by atoms with Crippen LogP contribution in [0.15, 0.2) is 42.9 Å². The van der Waals surface area contributed by atoms with Gasteiger partial charge in [0, 0.05) is 70.2 Å². The van der Waals surface area contributed by atoms with Crippen LogP contribution in [0.1, 0.15) is 77.4 Å². The smallest absolute Gasteiger partial charge is 0.328 e. The van der Waals surface area contributed by atoms with Crippen molar-refractivity contribution in [2.24, 2.45) is 5.92 Å². The Bertz CT molecular complexity index is 2140. The maximum absolute atomic E-state index is 14.7. The minimum absolute atomic E-state index is 0.0328. The van der Waals surface area contributed by atoms with E-state index in [0.717, 1.165) is 43.8 Å².